The normalized spacial score (nSPS) is 17.8. The van der Waals surface area contributed by atoms with Crippen molar-refractivity contribution in [2.24, 2.45) is 5.92 Å². The van der Waals surface area contributed by atoms with Gasteiger partial charge in [0.05, 0.1) is 6.54 Å². The Morgan fingerprint density at radius 3 is 2.90 bits per heavy atom. The number of likely N-dealkylation sites (N-methyl/N-ethyl adjacent to an activating group) is 1. The van der Waals surface area contributed by atoms with Crippen LogP contribution in [0.15, 0.2) is 36.4 Å². The third-order valence-corrected chi connectivity index (χ3v) is 3.52. The molecule has 4 heteroatoms. The van der Waals surface area contributed by atoms with Gasteiger partial charge in [-0.25, -0.2) is 4.39 Å². The van der Waals surface area contributed by atoms with Crippen LogP contribution in [0.25, 0.3) is 0 Å². The van der Waals surface area contributed by atoms with E-state index in [-0.39, 0.29) is 23.4 Å². The summed E-state index contributed by atoms with van der Waals surface area (Å²) in [4.78, 5) is 13.8. The highest BCUT2D eigenvalue weighted by molar-refractivity contribution is 5.78. The molecule has 0 spiro atoms. The second kappa shape index (κ2) is 7.08. The summed E-state index contributed by atoms with van der Waals surface area (Å²) in [5, 5.41) is 0. The number of hydrogen-bond acceptors (Lipinski definition) is 2. The van der Waals surface area contributed by atoms with Gasteiger partial charge in [0.25, 0.3) is 0 Å². The van der Waals surface area contributed by atoms with Crippen LogP contribution in [0, 0.1) is 11.7 Å². The Labute approximate surface area is 119 Å². The molecule has 1 aromatic carbocycles. The average Bonchev–Trinajstić information content (AvgIpc) is 2.49. The first-order valence-electron chi connectivity index (χ1n) is 6.96. The first kappa shape index (κ1) is 14.6. The molecule has 3 nitrogen and oxygen atoms in total. The highest BCUT2D eigenvalue weighted by Gasteiger charge is 2.21. The standard InChI is InChI=1S/C16H20FNO2/c1-18(16(19)13-7-3-2-4-8-13)11-12-20-15-10-6-5-9-14(15)17/h2-3,5-6,9-10,13H,4,7-8,11-12H2,1H3. The van der Waals surface area contributed by atoms with Gasteiger partial charge in [-0.2, -0.15) is 0 Å². The van der Waals surface area contributed by atoms with Crippen LogP contribution in [0.5, 0.6) is 5.75 Å². The fourth-order valence-corrected chi connectivity index (χ4v) is 2.29. The van der Waals surface area contributed by atoms with Crippen molar-refractivity contribution < 1.29 is 13.9 Å². The van der Waals surface area contributed by atoms with Crippen LogP contribution < -0.4 is 4.74 Å². The van der Waals surface area contributed by atoms with Gasteiger partial charge >= 0.3 is 0 Å². The number of benzene rings is 1. The Morgan fingerprint density at radius 1 is 1.40 bits per heavy atom. The summed E-state index contributed by atoms with van der Waals surface area (Å²) in [5.41, 5.74) is 0. The van der Waals surface area contributed by atoms with E-state index in [9.17, 15) is 9.18 Å². The molecule has 0 aliphatic heterocycles. The predicted octanol–water partition coefficient (Wildman–Crippen LogP) is 3.02. The lowest BCUT2D eigenvalue weighted by molar-refractivity contribution is -0.134. The summed E-state index contributed by atoms with van der Waals surface area (Å²) in [6.07, 6.45) is 6.88. The lowest BCUT2D eigenvalue weighted by Crippen LogP contribution is -2.36. The van der Waals surface area contributed by atoms with Gasteiger partial charge in [-0.15, -0.1) is 0 Å². The highest BCUT2D eigenvalue weighted by atomic mass is 19.1. The molecule has 108 valence electrons. The summed E-state index contributed by atoms with van der Waals surface area (Å²) in [6, 6.07) is 6.29. The number of para-hydroxylation sites is 1. The minimum atomic E-state index is -0.376. The summed E-state index contributed by atoms with van der Waals surface area (Å²) in [5.74, 6) is 0.0813. The summed E-state index contributed by atoms with van der Waals surface area (Å²) >= 11 is 0. The number of allylic oxidation sites excluding steroid dienone is 2. The molecule has 0 saturated heterocycles. The van der Waals surface area contributed by atoms with Crippen molar-refractivity contribution in [1.29, 1.82) is 0 Å². The minimum Gasteiger partial charge on any atom is -0.489 e. The summed E-state index contributed by atoms with van der Waals surface area (Å²) in [6.45, 7) is 0.763. The first-order chi connectivity index (χ1) is 9.68. The Bertz CT molecular complexity index is 487. The number of nitrogens with zero attached hydrogens (tertiary/aromatic N) is 1. The maximum atomic E-state index is 13.4. The molecule has 1 aromatic rings. The molecule has 0 aromatic heterocycles. The van der Waals surface area contributed by atoms with Crippen LogP contribution in [0.3, 0.4) is 0 Å². The number of rotatable bonds is 5. The van der Waals surface area contributed by atoms with Gasteiger partial charge in [-0.05, 0) is 31.4 Å². The van der Waals surface area contributed by atoms with Crippen LogP contribution >= 0.6 is 0 Å². The Hall–Kier alpha value is -1.84. The number of carbonyl (C=O) groups excluding carboxylic acids is 1. The van der Waals surface area contributed by atoms with Crippen molar-refractivity contribution in [3.63, 3.8) is 0 Å². The molecule has 0 saturated carbocycles. The van der Waals surface area contributed by atoms with Crippen LogP contribution in [0.2, 0.25) is 0 Å². The number of ether oxygens (including phenoxy) is 1. The monoisotopic (exact) mass is 277 g/mol. The fourth-order valence-electron chi connectivity index (χ4n) is 2.29. The Morgan fingerprint density at radius 2 is 2.20 bits per heavy atom. The lowest BCUT2D eigenvalue weighted by Gasteiger charge is -2.24. The molecule has 1 atom stereocenters. The molecule has 2 rings (SSSR count). The molecular weight excluding hydrogens is 257 g/mol. The van der Waals surface area contributed by atoms with Gasteiger partial charge in [0.2, 0.25) is 5.91 Å². The predicted molar refractivity (Wildman–Crippen MR) is 76.0 cm³/mol. The van der Waals surface area contributed by atoms with Crippen molar-refractivity contribution in [2.75, 3.05) is 20.2 Å². The molecule has 1 unspecified atom stereocenters. The fraction of sp³-hybridized carbons (Fsp3) is 0.438. The van der Waals surface area contributed by atoms with E-state index in [4.69, 9.17) is 4.74 Å². The van der Waals surface area contributed by atoms with E-state index >= 15 is 0 Å². The van der Waals surface area contributed by atoms with Crippen LogP contribution in [-0.4, -0.2) is 31.0 Å². The number of halogens is 1. The van der Waals surface area contributed by atoms with E-state index in [1.54, 1.807) is 30.1 Å². The number of amides is 1. The van der Waals surface area contributed by atoms with Gasteiger partial charge in [0, 0.05) is 13.0 Å². The van der Waals surface area contributed by atoms with E-state index in [1.807, 2.05) is 0 Å². The van der Waals surface area contributed by atoms with Crippen molar-refractivity contribution >= 4 is 5.91 Å². The summed E-state index contributed by atoms with van der Waals surface area (Å²) in [7, 11) is 1.77. The molecule has 0 fully saturated rings. The number of carbonyl (C=O) groups is 1. The third kappa shape index (κ3) is 3.83. The summed E-state index contributed by atoms with van der Waals surface area (Å²) < 4.78 is 18.7. The largest absolute Gasteiger partial charge is 0.489 e. The minimum absolute atomic E-state index is 0.0819. The maximum absolute atomic E-state index is 13.4. The van der Waals surface area contributed by atoms with Crippen LogP contribution in [-0.2, 0) is 4.79 Å². The highest BCUT2D eigenvalue weighted by Crippen LogP contribution is 2.20. The smallest absolute Gasteiger partial charge is 0.225 e. The van der Waals surface area contributed by atoms with Gasteiger partial charge in [-0.3, -0.25) is 4.79 Å². The molecule has 1 amide bonds. The van der Waals surface area contributed by atoms with Crippen molar-refractivity contribution in [2.45, 2.75) is 19.3 Å². The number of hydrogen-bond donors (Lipinski definition) is 0. The zero-order valence-corrected chi connectivity index (χ0v) is 11.7. The van der Waals surface area contributed by atoms with E-state index in [0.29, 0.717) is 13.2 Å². The average molecular weight is 277 g/mol. The van der Waals surface area contributed by atoms with E-state index in [1.165, 1.54) is 6.07 Å². The van der Waals surface area contributed by atoms with Crippen molar-refractivity contribution in [3.8, 4) is 5.75 Å². The molecule has 0 radical (unpaired) electrons. The SMILES string of the molecule is CN(CCOc1ccccc1F)C(=O)C1CC=CCC1. The second-order valence-corrected chi connectivity index (χ2v) is 5.02. The first-order valence-corrected chi connectivity index (χ1v) is 6.96. The van der Waals surface area contributed by atoms with Gasteiger partial charge in [-0.1, -0.05) is 24.3 Å². The maximum Gasteiger partial charge on any atom is 0.225 e. The molecular formula is C16H20FNO2. The van der Waals surface area contributed by atoms with Crippen molar-refractivity contribution in [1.82, 2.24) is 4.90 Å². The molecule has 20 heavy (non-hydrogen) atoms. The Balaban J connectivity index is 1.77. The lowest BCUT2D eigenvalue weighted by atomic mass is 9.93. The third-order valence-electron chi connectivity index (χ3n) is 3.52. The van der Waals surface area contributed by atoms with Crippen LogP contribution in [0.1, 0.15) is 19.3 Å². The second-order valence-electron chi connectivity index (χ2n) is 5.02. The van der Waals surface area contributed by atoms with Crippen LogP contribution in [0.4, 0.5) is 4.39 Å². The topological polar surface area (TPSA) is 29.5 Å². The quantitative estimate of drug-likeness (QED) is 0.774. The molecule has 0 bridgehead atoms. The molecule has 1 aliphatic carbocycles. The Kier molecular flexibility index (Phi) is 5.16. The molecule has 1 aliphatic rings. The van der Waals surface area contributed by atoms with Gasteiger partial charge in [0.1, 0.15) is 6.61 Å². The van der Waals surface area contributed by atoms with Gasteiger partial charge < -0.3 is 9.64 Å². The zero-order valence-electron chi connectivity index (χ0n) is 11.7. The van der Waals surface area contributed by atoms with E-state index in [0.717, 1.165) is 19.3 Å². The van der Waals surface area contributed by atoms with Gasteiger partial charge in [0.15, 0.2) is 11.6 Å². The molecule has 0 heterocycles. The molecule has 0 N–H and O–H groups in total. The zero-order chi connectivity index (χ0) is 14.4. The van der Waals surface area contributed by atoms with E-state index < -0.39 is 0 Å². The van der Waals surface area contributed by atoms with E-state index in [2.05, 4.69) is 12.2 Å². The van der Waals surface area contributed by atoms with Crippen molar-refractivity contribution in [3.05, 3.63) is 42.2 Å².